The largest absolute Gasteiger partial charge is 0.462 e. The summed E-state index contributed by atoms with van der Waals surface area (Å²) in [5.74, 6) is -1.000. The third kappa shape index (κ3) is 5.93. The Morgan fingerprint density at radius 2 is 1.39 bits per heavy atom. The van der Waals surface area contributed by atoms with Crippen LogP contribution in [0.15, 0.2) is 83.8 Å². The summed E-state index contributed by atoms with van der Waals surface area (Å²) in [4.78, 5) is 24.3. The van der Waals surface area contributed by atoms with Crippen molar-refractivity contribution in [2.24, 2.45) is 0 Å². The number of rotatable bonds is 8. The Bertz CT molecular complexity index is 1140. The van der Waals surface area contributed by atoms with E-state index in [4.69, 9.17) is 4.74 Å². The molecule has 3 aromatic rings. The van der Waals surface area contributed by atoms with E-state index in [1.807, 2.05) is 0 Å². The summed E-state index contributed by atoms with van der Waals surface area (Å²) in [6.45, 7) is 2.02. The monoisotopic (exact) mass is 438 g/mol. The van der Waals surface area contributed by atoms with Gasteiger partial charge in [-0.3, -0.25) is 4.79 Å². The highest BCUT2D eigenvalue weighted by atomic mass is 32.2. The molecule has 1 amide bonds. The Morgan fingerprint density at radius 3 is 2.00 bits per heavy atom. The summed E-state index contributed by atoms with van der Waals surface area (Å²) in [6.07, 6.45) is 0. The number of anilines is 2. The Kier molecular flexibility index (Phi) is 7.04. The van der Waals surface area contributed by atoms with E-state index in [0.717, 1.165) is 0 Å². The summed E-state index contributed by atoms with van der Waals surface area (Å²) in [5, 5.41) is 5.61. The maximum Gasteiger partial charge on any atom is 0.338 e. The van der Waals surface area contributed by atoms with Crippen LogP contribution in [0.4, 0.5) is 11.4 Å². The van der Waals surface area contributed by atoms with Gasteiger partial charge < -0.3 is 15.4 Å². The molecule has 3 rings (SSSR count). The molecule has 0 radical (unpaired) electrons. The van der Waals surface area contributed by atoms with Gasteiger partial charge in [-0.15, -0.1) is 0 Å². The second-order valence-electron chi connectivity index (χ2n) is 6.58. The van der Waals surface area contributed by atoms with Gasteiger partial charge in [-0.2, -0.15) is 0 Å². The molecule has 7 nitrogen and oxygen atoms in total. The van der Waals surface area contributed by atoms with E-state index in [1.165, 1.54) is 0 Å². The Morgan fingerprint density at radius 1 is 0.806 bits per heavy atom. The molecule has 160 valence electrons. The lowest BCUT2D eigenvalue weighted by atomic mass is 10.1. The van der Waals surface area contributed by atoms with Crippen LogP contribution in [0, 0.1) is 0 Å². The van der Waals surface area contributed by atoms with Crippen molar-refractivity contribution in [2.45, 2.75) is 11.8 Å². The topological polar surface area (TPSA) is 102 Å². The van der Waals surface area contributed by atoms with Gasteiger partial charge in [-0.05, 0) is 67.6 Å². The molecule has 0 aliphatic heterocycles. The average Bonchev–Trinajstić information content (AvgIpc) is 2.79. The number of benzene rings is 3. The second kappa shape index (κ2) is 9.90. The van der Waals surface area contributed by atoms with E-state index in [1.54, 1.807) is 85.8 Å². The first-order valence-electron chi connectivity index (χ1n) is 9.59. The fourth-order valence-corrected chi connectivity index (χ4v) is 3.83. The Balaban J connectivity index is 1.58. The van der Waals surface area contributed by atoms with Crippen LogP contribution in [0.3, 0.4) is 0 Å². The first kappa shape index (κ1) is 22.0. The van der Waals surface area contributed by atoms with Crippen LogP contribution in [0.5, 0.6) is 0 Å². The predicted molar refractivity (Wildman–Crippen MR) is 119 cm³/mol. The average molecular weight is 439 g/mol. The lowest BCUT2D eigenvalue weighted by Crippen LogP contribution is -2.15. The van der Waals surface area contributed by atoms with Crippen LogP contribution in [-0.2, 0) is 14.6 Å². The number of carbonyl (C=O) groups excluding carboxylic acids is 2. The van der Waals surface area contributed by atoms with Crippen molar-refractivity contribution < 1.29 is 22.7 Å². The molecule has 2 N–H and O–H groups in total. The molecule has 0 spiro atoms. The van der Waals surface area contributed by atoms with Gasteiger partial charge in [-0.25, -0.2) is 13.2 Å². The normalized spacial score (nSPS) is 10.9. The molecule has 31 heavy (non-hydrogen) atoms. The molecule has 0 unspecified atom stereocenters. The number of hydrogen-bond donors (Lipinski definition) is 2. The van der Waals surface area contributed by atoms with Crippen LogP contribution >= 0.6 is 0 Å². The van der Waals surface area contributed by atoms with Crippen molar-refractivity contribution in [2.75, 3.05) is 23.1 Å². The molecule has 0 fully saturated rings. The number of hydrogen-bond acceptors (Lipinski definition) is 6. The third-order valence-electron chi connectivity index (χ3n) is 4.37. The van der Waals surface area contributed by atoms with Crippen molar-refractivity contribution in [3.8, 4) is 0 Å². The summed E-state index contributed by atoms with van der Waals surface area (Å²) < 4.78 is 29.6. The zero-order chi connectivity index (χ0) is 22.3. The minimum absolute atomic E-state index is 0.243. The van der Waals surface area contributed by atoms with Gasteiger partial charge in [0.05, 0.1) is 17.1 Å². The second-order valence-corrected chi connectivity index (χ2v) is 8.57. The van der Waals surface area contributed by atoms with Crippen LogP contribution in [-0.4, -0.2) is 32.8 Å². The van der Waals surface area contributed by atoms with Gasteiger partial charge in [0.1, 0.15) is 5.88 Å². The van der Waals surface area contributed by atoms with Gasteiger partial charge in [0, 0.05) is 16.9 Å². The minimum Gasteiger partial charge on any atom is -0.462 e. The standard InChI is InChI=1S/C23H22N2O5S/c1-2-30-23(27)18-10-14-20(15-11-18)25-22(26)17-8-12-19(13-9-17)24-16-31(28,29)21-6-4-3-5-7-21/h3-15,24H,2,16H2,1H3,(H,25,26). The first-order valence-corrected chi connectivity index (χ1v) is 11.2. The molecule has 3 aromatic carbocycles. The first-order chi connectivity index (χ1) is 14.9. The van der Waals surface area contributed by atoms with E-state index in [-0.39, 0.29) is 16.7 Å². The highest BCUT2D eigenvalue weighted by Gasteiger charge is 2.14. The maximum absolute atomic E-state index is 12.4. The van der Waals surface area contributed by atoms with Gasteiger partial charge >= 0.3 is 5.97 Å². The lowest BCUT2D eigenvalue weighted by molar-refractivity contribution is 0.0526. The fourth-order valence-electron chi connectivity index (χ4n) is 2.74. The van der Waals surface area contributed by atoms with E-state index in [9.17, 15) is 18.0 Å². The number of esters is 1. The van der Waals surface area contributed by atoms with Crippen LogP contribution < -0.4 is 10.6 Å². The molecule has 0 saturated heterocycles. The molecule has 0 atom stereocenters. The highest BCUT2D eigenvalue weighted by molar-refractivity contribution is 7.91. The summed E-state index contributed by atoms with van der Waals surface area (Å²) >= 11 is 0. The van der Waals surface area contributed by atoms with E-state index >= 15 is 0 Å². The summed E-state index contributed by atoms with van der Waals surface area (Å²) in [5.41, 5.74) is 1.93. The Labute approximate surface area is 181 Å². The number of nitrogens with one attached hydrogen (secondary N) is 2. The Hall–Kier alpha value is -3.65. The number of ether oxygens (including phenoxy) is 1. The minimum atomic E-state index is -3.46. The third-order valence-corrected chi connectivity index (χ3v) is 5.88. The highest BCUT2D eigenvalue weighted by Crippen LogP contribution is 2.16. The molecule has 0 bridgehead atoms. The molecular weight excluding hydrogens is 416 g/mol. The fraction of sp³-hybridized carbons (Fsp3) is 0.130. The zero-order valence-corrected chi connectivity index (χ0v) is 17.7. The SMILES string of the molecule is CCOC(=O)c1ccc(NC(=O)c2ccc(NCS(=O)(=O)c3ccccc3)cc2)cc1. The van der Waals surface area contributed by atoms with Gasteiger partial charge in [0.15, 0.2) is 9.84 Å². The lowest BCUT2D eigenvalue weighted by Gasteiger charge is -2.09. The van der Waals surface area contributed by atoms with Crippen molar-refractivity contribution in [1.82, 2.24) is 0 Å². The molecule has 0 heterocycles. The molecule has 0 aromatic heterocycles. The van der Waals surface area contributed by atoms with E-state index in [0.29, 0.717) is 29.1 Å². The van der Waals surface area contributed by atoms with Crippen molar-refractivity contribution in [1.29, 1.82) is 0 Å². The molecule has 0 saturated carbocycles. The van der Waals surface area contributed by atoms with Crippen molar-refractivity contribution >= 4 is 33.1 Å². The zero-order valence-electron chi connectivity index (χ0n) is 16.9. The predicted octanol–water partition coefficient (Wildman–Crippen LogP) is 3.96. The number of amides is 1. The van der Waals surface area contributed by atoms with Crippen LogP contribution in [0.2, 0.25) is 0 Å². The molecular formula is C23H22N2O5S. The summed E-state index contributed by atoms with van der Waals surface area (Å²) in [7, 11) is -3.46. The number of carbonyl (C=O) groups is 2. The van der Waals surface area contributed by atoms with Crippen LogP contribution in [0.25, 0.3) is 0 Å². The summed E-state index contributed by atoms with van der Waals surface area (Å²) in [6, 6.07) is 21.1. The van der Waals surface area contributed by atoms with E-state index in [2.05, 4.69) is 10.6 Å². The molecule has 8 heteroatoms. The van der Waals surface area contributed by atoms with Gasteiger partial charge in [-0.1, -0.05) is 18.2 Å². The van der Waals surface area contributed by atoms with Gasteiger partial charge in [0.25, 0.3) is 5.91 Å². The molecule has 0 aliphatic carbocycles. The van der Waals surface area contributed by atoms with Crippen LogP contribution in [0.1, 0.15) is 27.6 Å². The smallest absolute Gasteiger partial charge is 0.338 e. The quantitative estimate of drug-likeness (QED) is 0.516. The molecule has 0 aliphatic rings. The number of sulfone groups is 1. The van der Waals surface area contributed by atoms with E-state index < -0.39 is 15.8 Å². The van der Waals surface area contributed by atoms with Crippen molar-refractivity contribution in [3.63, 3.8) is 0 Å². The maximum atomic E-state index is 12.4. The van der Waals surface area contributed by atoms with Gasteiger partial charge in [0.2, 0.25) is 0 Å². The van der Waals surface area contributed by atoms with Crippen molar-refractivity contribution in [3.05, 3.63) is 90.0 Å².